The van der Waals surface area contributed by atoms with Crippen LogP contribution in [0.4, 0.5) is 5.69 Å². The van der Waals surface area contributed by atoms with Crippen molar-refractivity contribution in [2.75, 3.05) is 11.9 Å². The van der Waals surface area contributed by atoms with E-state index in [1.807, 2.05) is 18.2 Å². The molecular weight excluding hydrogens is 432 g/mol. The molecule has 4 aliphatic rings. The van der Waals surface area contributed by atoms with Gasteiger partial charge in [0.05, 0.1) is 15.5 Å². The van der Waals surface area contributed by atoms with Crippen molar-refractivity contribution >= 4 is 33.2 Å². The van der Waals surface area contributed by atoms with Gasteiger partial charge in [0.1, 0.15) is 0 Å². The largest absolute Gasteiger partial charge is 0.322 e. The molecule has 0 saturated heterocycles. The van der Waals surface area contributed by atoms with Crippen molar-refractivity contribution in [3.8, 4) is 0 Å². The third-order valence-corrected chi connectivity index (χ3v) is 9.06. The van der Waals surface area contributed by atoms with Crippen LogP contribution < -0.4 is 10.0 Å². The van der Waals surface area contributed by atoms with Crippen LogP contribution in [0.3, 0.4) is 0 Å². The van der Waals surface area contributed by atoms with Gasteiger partial charge >= 0.3 is 0 Å². The highest BCUT2D eigenvalue weighted by Crippen LogP contribution is 2.59. The molecule has 0 heterocycles. The summed E-state index contributed by atoms with van der Waals surface area (Å²) in [6.07, 6.45) is 7.36. The van der Waals surface area contributed by atoms with Gasteiger partial charge in [-0.2, -0.15) is 0 Å². The predicted molar refractivity (Wildman–Crippen MR) is 122 cm³/mol. The van der Waals surface area contributed by atoms with Gasteiger partial charge in [-0.25, -0.2) is 13.1 Å². The monoisotopic (exact) mass is 458 g/mol. The molecule has 7 heteroatoms. The van der Waals surface area contributed by atoms with E-state index in [9.17, 15) is 13.2 Å². The van der Waals surface area contributed by atoms with Crippen LogP contribution in [0.1, 0.15) is 48.9 Å². The Morgan fingerprint density at radius 3 is 2.19 bits per heavy atom. The molecule has 2 N–H and O–H groups in total. The summed E-state index contributed by atoms with van der Waals surface area (Å²) >= 11 is 6.22. The van der Waals surface area contributed by atoms with E-state index in [1.54, 1.807) is 12.1 Å². The van der Waals surface area contributed by atoms with Gasteiger partial charge in [0.25, 0.3) is 5.91 Å². The standard InChI is InChI=1S/C24H27ClN2O3S/c25-22-7-6-20(11-21(22)23(28)27-19-4-2-1-3-5-19)31(29,30)26-15-24-12-16-8-17(13-24)10-18(9-16)14-24/h1-7,11,16-18,26H,8-10,12-15H2,(H,27,28). The van der Waals surface area contributed by atoms with E-state index in [2.05, 4.69) is 10.0 Å². The van der Waals surface area contributed by atoms with Crippen molar-refractivity contribution in [3.63, 3.8) is 0 Å². The van der Waals surface area contributed by atoms with Crippen molar-refractivity contribution in [2.24, 2.45) is 23.2 Å². The highest BCUT2D eigenvalue weighted by atomic mass is 35.5. The molecular formula is C24H27ClN2O3S. The van der Waals surface area contributed by atoms with E-state index >= 15 is 0 Å². The number of sulfonamides is 1. The minimum atomic E-state index is -3.74. The van der Waals surface area contributed by atoms with E-state index in [1.165, 1.54) is 37.5 Å². The third kappa shape index (κ3) is 4.26. The quantitative estimate of drug-likeness (QED) is 0.633. The Morgan fingerprint density at radius 2 is 1.58 bits per heavy atom. The lowest BCUT2D eigenvalue weighted by molar-refractivity contribution is -0.0487. The van der Waals surface area contributed by atoms with Crippen LogP contribution in [0.2, 0.25) is 5.02 Å². The average Bonchev–Trinajstić information content (AvgIpc) is 2.72. The topological polar surface area (TPSA) is 75.3 Å². The first-order valence-corrected chi connectivity index (χ1v) is 12.8. The van der Waals surface area contributed by atoms with Crippen molar-refractivity contribution in [1.29, 1.82) is 0 Å². The van der Waals surface area contributed by atoms with Crippen LogP contribution in [0.15, 0.2) is 53.4 Å². The van der Waals surface area contributed by atoms with Crippen molar-refractivity contribution in [1.82, 2.24) is 4.72 Å². The molecule has 0 unspecified atom stereocenters. The molecule has 0 atom stereocenters. The van der Waals surface area contributed by atoms with Gasteiger partial charge in [0.2, 0.25) is 10.0 Å². The van der Waals surface area contributed by atoms with E-state index < -0.39 is 15.9 Å². The highest BCUT2D eigenvalue weighted by molar-refractivity contribution is 7.89. The molecule has 1 amide bonds. The lowest BCUT2D eigenvalue weighted by Crippen LogP contribution is -2.51. The Labute approximate surface area is 188 Å². The van der Waals surface area contributed by atoms with Crippen LogP contribution in [0, 0.1) is 23.2 Å². The molecule has 164 valence electrons. The number of nitrogens with one attached hydrogen (secondary N) is 2. The Morgan fingerprint density at radius 1 is 0.968 bits per heavy atom. The van der Waals surface area contributed by atoms with E-state index in [-0.39, 0.29) is 20.9 Å². The average molecular weight is 459 g/mol. The SMILES string of the molecule is O=C(Nc1ccccc1)c1cc(S(=O)(=O)NCC23CC4CC(CC(C4)C2)C3)ccc1Cl. The van der Waals surface area contributed by atoms with Crippen LogP contribution in [-0.2, 0) is 10.0 Å². The maximum Gasteiger partial charge on any atom is 0.257 e. The first-order valence-electron chi connectivity index (χ1n) is 11.0. The Balaban J connectivity index is 1.32. The Hall–Kier alpha value is -1.89. The van der Waals surface area contributed by atoms with Gasteiger partial charge in [0, 0.05) is 12.2 Å². The zero-order valence-corrected chi connectivity index (χ0v) is 18.9. The number of benzene rings is 2. The number of amides is 1. The highest BCUT2D eigenvalue weighted by Gasteiger charge is 2.50. The summed E-state index contributed by atoms with van der Waals surface area (Å²) in [5.41, 5.74) is 0.863. The summed E-state index contributed by atoms with van der Waals surface area (Å²) in [5.74, 6) is 1.85. The molecule has 4 saturated carbocycles. The number of carbonyl (C=O) groups is 1. The van der Waals surface area contributed by atoms with Gasteiger partial charge in [0.15, 0.2) is 0 Å². The lowest BCUT2D eigenvalue weighted by Gasteiger charge is -2.56. The summed E-state index contributed by atoms with van der Waals surface area (Å²) in [4.78, 5) is 12.8. The molecule has 4 bridgehead atoms. The van der Waals surface area contributed by atoms with Gasteiger partial charge in [-0.3, -0.25) is 4.79 Å². The second-order valence-electron chi connectivity index (χ2n) is 9.70. The fourth-order valence-electron chi connectivity index (χ4n) is 6.40. The summed E-state index contributed by atoms with van der Waals surface area (Å²) in [5, 5.41) is 2.98. The molecule has 2 aromatic rings. The molecule has 0 radical (unpaired) electrons. The van der Waals surface area contributed by atoms with Gasteiger partial charge in [-0.05, 0) is 92.0 Å². The van der Waals surface area contributed by atoms with Crippen molar-refractivity contribution in [3.05, 3.63) is 59.1 Å². The Bertz CT molecular complexity index is 1070. The molecule has 0 aliphatic heterocycles. The van der Waals surface area contributed by atoms with Crippen LogP contribution >= 0.6 is 11.6 Å². The van der Waals surface area contributed by atoms with Crippen LogP contribution in [-0.4, -0.2) is 20.9 Å². The summed E-state index contributed by atoms with van der Waals surface area (Å²) in [6.45, 7) is 0.479. The maximum absolute atomic E-state index is 13.1. The second-order valence-corrected chi connectivity index (χ2v) is 11.9. The molecule has 31 heavy (non-hydrogen) atoms. The minimum Gasteiger partial charge on any atom is -0.322 e. The number of rotatable bonds is 6. The fraction of sp³-hybridized carbons (Fsp3) is 0.458. The van der Waals surface area contributed by atoms with E-state index in [0.717, 1.165) is 37.0 Å². The molecule has 2 aromatic carbocycles. The van der Waals surface area contributed by atoms with E-state index in [4.69, 9.17) is 11.6 Å². The summed E-state index contributed by atoms with van der Waals surface area (Å²) in [6, 6.07) is 13.3. The van der Waals surface area contributed by atoms with Gasteiger partial charge in [-0.15, -0.1) is 0 Å². The number of para-hydroxylation sites is 1. The van der Waals surface area contributed by atoms with Gasteiger partial charge in [-0.1, -0.05) is 29.8 Å². The first kappa shape index (κ1) is 21.0. The molecule has 6 rings (SSSR count). The number of hydrogen-bond acceptors (Lipinski definition) is 3. The molecule has 0 aromatic heterocycles. The van der Waals surface area contributed by atoms with Crippen molar-refractivity contribution in [2.45, 2.75) is 43.4 Å². The maximum atomic E-state index is 13.1. The molecule has 0 spiro atoms. The fourth-order valence-corrected chi connectivity index (χ4v) is 7.79. The zero-order chi connectivity index (χ0) is 21.6. The smallest absolute Gasteiger partial charge is 0.257 e. The second kappa shape index (κ2) is 7.91. The number of halogens is 1. The van der Waals surface area contributed by atoms with Crippen molar-refractivity contribution < 1.29 is 13.2 Å². The Kier molecular flexibility index (Phi) is 5.35. The van der Waals surface area contributed by atoms with Crippen LogP contribution in [0.25, 0.3) is 0 Å². The summed E-state index contributed by atoms with van der Waals surface area (Å²) < 4.78 is 29.0. The molecule has 5 nitrogen and oxygen atoms in total. The minimum absolute atomic E-state index is 0.0693. The zero-order valence-electron chi connectivity index (χ0n) is 17.3. The third-order valence-electron chi connectivity index (χ3n) is 7.33. The number of hydrogen-bond donors (Lipinski definition) is 2. The van der Waals surface area contributed by atoms with Gasteiger partial charge < -0.3 is 5.32 Å². The number of anilines is 1. The normalized spacial score (nSPS) is 29.1. The first-order chi connectivity index (χ1) is 14.8. The number of carbonyl (C=O) groups excluding carboxylic acids is 1. The summed E-state index contributed by atoms with van der Waals surface area (Å²) in [7, 11) is -3.74. The molecule has 4 fully saturated rings. The lowest BCUT2D eigenvalue weighted by atomic mass is 9.50. The van der Waals surface area contributed by atoms with E-state index in [0.29, 0.717) is 12.2 Å². The predicted octanol–water partition coefficient (Wildman–Crippen LogP) is 5.09. The van der Waals surface area contributed by atoms with Crippen LogP contribution in [0.5, 0.6) is 0 Å². The molecule has 4 aliphatic carbocycles.